The molecule has 0 saturated carbocycles. The van der Waals surface area contributed by atoms with Gasteiger partial charge in [0.1, 0.15) is 0 Å². The van der Waals surface area contributed by atoms with Crippen LogP contribution >= 0.6 is 11.3 Å². The molecule has 0 aliphatic carbocycles. The van der Waals surface area contributed by atoms with E-state index in [2.05, 4.69) is 21.7 Å². The molecule has 0 bridgehead atoms. The van der Waals surface area contributed by atoms with E-state index in [1.807, 2.05) is 10.9 Å². The highest BCUT2D eigenvalue weighted by molar-refractivity contribution is 7.07. The molecule has 3 heterocycles. The van der Waals surface area contributed by atoms with E-state index in [1.54, 1.807) is 11.3 Å². The van der Waals surface area contributed by atoms with Crippen LogP contribution in [0.25, 0.3) is 0 Å². The normalized spacial score (nSPS) is 26.5. The molecule has 1 aromatic rings. The van der Waals surface area contributed by atoms with E-state index in [0.29, 0.717) is 18.4 Å². The van der Waals surface area contributed by atoms with E-state index in [4.69, 9.17) is 4.74 Å². The van der Waals surface area contributed by atoms with Crippen molar-refractivity contribution in [3.63, 3.8) is 0 Å². The third-order valence-electron chi connectivity index (χ3n) is 4.88. The van der Waals surface area contributed by atoms with Gasteiger partial charge in [0.2, 0.25) is 5.91 Å². The van der Waals surface area contributed by atoms with Crippen molar-refractivity contribution >= 4 is 17.2 Å². The van der Waals surface area contributed by atoms with Crippen molar-refractivity contribution in [2.45, 2.75) is 32.2 Å². The first-order chi connectivity index (χ1) is 10.8. The summed E-state index contributed by atoms with van der Waals surface area (Å²) >= 11 is 1.59. The number of aryl methyl sites for hydroxylation is 1. The minimum absolute atomic E-state index is 0.280. The quantitative estimate of drug-likeness (QED) is 0.826. The summed E-state index contributed by atoms with van der Waals surface area (Å²) in [5.41, 5.74) is 2.87. The third kappa shape index (κ3) is 3.67. The fourth-order valence-electron chi connectivity index (χ4n) is 3.54. The summed E-state index contributed by atoms with van der Waals surface area (Å²) in [6.07, 6.45) is 2.48. The molecule has 3 rings (SSSR count). The molecule has 0 aromatic carbocycles. The van der Waals surface area contributed by atoms with Crippen molar-refractivity contribution in [1.29, 1.82) is 0 Å². The van der Waals surface area contributed by atoms with Crippen LogP contribution in [0.1, 0.15) is 25.5 Å². The molecule has 2 fully saturated rings. The Morgan fingerprint density at radius 2 is 2.23 bits per heavy atom. The SMILES string of the molecule is CC[C@@H]1CN(C(=O)CCc2cscn2)C[C@H]1N1CCOCC1. The zero-order valence-electron chi connectivity index (χ0n) is 13.2. The van der Waals surface area contributed by atoms with Gasteiger partial charge in [-0.2, -0.15) is 0 Å². The second-order valence-electron chi connectivity index (χ2n) is 6.16. The number of amides is 1. The van der Waals surface area contributed by atoms with Crippen molar-refractivity contribution in [3.05, 3.63) is 16.6 Å². The molecule has 0 spiro atoms. The lowest BCUT2D eigenvalue weighted by atomic mass is 9.99. The van der Waals surface area contributed by atoms with E-state index in [9.17, 15) is 4.79 Å². The van der Waals surface area contributed by atoms with Crippen LogP contribution in [0, 0.1) is 5.92 Å². The van der Waals surface area contributed by atoms with Gasteiger partial charge >= 0.3 is 0 Å². The van der Waals surface area contributed by atoms with Gasteiger partial charge in [-0.25, -0.2) is 4.98 Å². The molecule has 0 unspecified atom stereocenters. The van der Waals surface area contributed by atoms with Crippen LogP contribution in [0.4, 0.5) is 0 Å². The number of rotatable bonds is 5. The van der Waals surface area contributed by atoms with Gasteiger partial charge in [-0.1, -0.05) is 13.3 Å². The average Bonchev–Trinajstić information content (AvgIpc) is 3.22. The predicted octanol–water partition coefficient (Wildman–Crippen LogP) is 1.64. The molecule has 6 heteroatoms. The highest BCUT2D eigenvalue weighted by Gasteiger charge is 2.37. The van der Waals surface area contributed by atoms with E-state index < -0.39 is 0 Å². The Balaban J connectivity index is 1.54. The summed E-state index contributed by atoms with van der Waals surface area (Å²) in [6, 6.07) is 0.511. The van der Waals surface area contributed by atoms with Gasteiger partial charge in [0.05, 0.1) is 24.4 Å². The zero-order chi connectivity index (χ0) is 15.4. The first-order valence-corrected chi connectivity index (χ1v) is 9.19. The lowest BCUT2D eigenvalue weighted by Gasteiger charge is -2.34. The Morgan fingerprint density at radius 1 is 1.41 bits per heavy atom. The maximum absolute atomic E-state index is 12.5. The molecule has 0 radical (unpaired) electrons. The number of thiazole rings is 1. The Kier molecular flexibility index (Phi) is 5.44. The van der Waals surface area contributed by atoms with E-state index in [-0.39, 0.29) is 5.91 Å². The summed E-state index contributed by atoms with van der Waals surface area (Å²) in [7, 11) is 0. The minimum Gasteiger partial charge on any atom is -0.379 e. The fourth-order valence-corrected chi connectivity index (χ4v) is 4.13. The number of carbonyl (C=O) groups is 1. The number of morpholine rings is 1. The Hall–Kier alpha value is -0.980. The lowest BCUT2D eigenvalue weighted by molar-refractivity contribution is -0.130. The lowest BCUT2D eigenvalue weighted by Crippen LogP contribution is -2.47. The topological polar surface area (TPSA) is 45.7 Å². The van der Waals surface area contributed by atoms with Crippen LogP contribution in [0.3, 0.4) is 0 Å². The zero-order valence-corrected chi connectivity index (χ0v) is 14.1. The fraction of sp³-hybridized carbons (Fsp3) is 0.750. The summed E-state index contributed by atoms with van der Waals surface area (Å²) in [6.45, 7) is 7.68. The van der Waals surface area contributed by atoms with Gasteiger partial charge in [-0.3, -0.25) is 9.69 Å². The van der Waals surface area contributed by atoms with E-state index >= 15 is 0 Å². The van der Waals surface area contributed by atoms with Gasteiger partial charge < -0.3 is 9.64 Å². The molecule has 2 aliphatic rings. The van der Waals surface area contributed by atoms with E-state index in [0.717, 1.165) is 57.9 Å². The summed E-state index contributed by atoms with van der Waals surface area (Å²) in [5, 5.41) is 2.03. The Bertz CT molecular complexity index is 474. The van der Waals surface area contributed by atoms with Crippen LogP contribution in [-0.4, -0.2) is 66.1 Å². The number of likely N-dealkylation sites (tertiary alicyclic amines) is 1. The van der Waals surface area contributed by atoms with Crippen LogP contribution < -0.4 is 0 Å². The standard InChI is InChI=1S/C16H25N3O2S/c1-2-13-9-19(10-15(13)18-5-7-21-8-6-18)16(20)4-3-14-11-22-12-17-14/h11-13,15H,2-10H2,1H3/t13-,15-/m1/s1. The molecule has 2 atom stereocenters. The van der Waals surface area contributed by atoms with Crippen LogP contribution in [0.5, 0.6) is 0 Å². The number of hydrogen-bond acceptors (Lipinski definition) is 5. The van der Waals surface area contributed by atoms with Crippen molar-refractivity contribution in [1.82, 2.24) is 14.8 Å². The second-order valence-corrected chi connectivity index (χ2v) is 6.88. The highest BCUT2D eigenvalue weighted by Crippen LogP contribution is 2.26. The molecule has 1 aromatic heterocycles. The molecule has 122 valence electrons. The van der Waals surface area contributed by atoms with Crippen molar-refractivity contribution in [2.75, 3.05) is 39.4 Å². The smallest absolute Gasteiger partial charge is 0.223 e. The monoisotopic (exact) mass is 323 g/mol. The summed E-state index contributed by atoms with van der Waals surface area (Å²) in [5.74, 6) is 0.878. The summed E-state index contributed by atoms with van der Waals surface area (Å²) < 4.78 is 5.45. The van der Waals surface area contributed by atoms with Gasteiger partial charge in [0.15, 0.2) is 0 Å². The Morgan fingerprint density at radius 3 is 2.91 bits per heavy atom. The molecule has 1 amide bonds. The molecule has 0 N–H and O–H groups in total. The number of ether oxygens (including phenoxy) is 1. The first kappa shape index (κ1) is 15.9. The maximum atomic E-state index is 12.5. The van der Waals surface area contributed by atoms with E-state index in [1.165, 1.54) is 0 Å². The van der Waals surface area contributed by atoms with Crippen molar-refractivity contribution < 1.29 is 9.53 Å². The number of carbonyl (C=O) groups excluding carboxylic acids is 1. The van der Waals surface area contributed by atoms with Crippen LogP contribution in [0.15, 0.2) is 10.9 Å². The largest absolute Gasteiger partial charge is 0.379 e. The maximum Gasteiger partial charge on any atom is 0.223 e. The summed E-state index contributed by atoms with van der Waals surface area (Å²) in [4.78, 5) is 21.3. The molecule has 5 nitrogen and oxygen atoms in total. The van der Waals surface area contributed by atoms with Crippen LogP contribution in [-0.2, 0) is 16.0 Å². The van der Waals surface area contributed by atoms with Crippen molar-refractivity contribution in [2.24, 2.45) is 5.92 Å². The molecular formula is C16H25N3O2S. The minimum atomic E-state index is 0.280. The highest BCUT2D eigenvalue weighted by atomic mass is 32.1. The van der Waals surface area contributed by atoms with Gasteiger partial charge in [0, 0.05) is 44.0 Å². The predicted molar refractivity (Wildman–Crippen MR) is 87.0 cm³/mol. The Labute approximate surface area is 136 Å². The third-order valence-corrected chi connectivity index (χ3v) is 5.51. The number of nitrogens with zero attached hydrogens (tertiary/aromatic N) is 3. The van der Waals surface area contributed by atoms with Crippen LogP contribution in [0.2, 0.25) is 0 Å². The average molecular weight is 323 g/mol. The molecule has 2 saturated heterocycles. The second kappa shape index (κ2) is 7.53. The van der Waals surface area contributed by atoms with Gasteiger partial charge in [-0.05, 0) is 12.3 Å². The van der Waals surface area contributed by atoms with Gasteiger partial charge in [0.25, 0.3) is 0 Å². The molecule has 2 aliphatic heterocycles. The first-order valence-electron chi connectivity index (χ1n) is 8.24. The number of hydrogen-bond donors (Lipinski definition) is 0. The van der Waals surface area contributed by atoms with Gasteiger partial charge in [-0.15, -0.1) is 11.3 Å². The van der Waals surface area contributed by atoms with Crippen molar-refractivity contribution in [3.8, 4) is 0 Å². The number of aromatic nitrogens is 1. The molecule has 22 heavy (non-hydrogen) atoms. The molecular weight excluding hydrogens is 298 g/mol.